The van der Waals surface area contributed by atoms with E-state index >= 15 is 0 Å². The number of ether oxygens (including phenoxy) is 2. The summed E-state index contributed by atoms with van der Waals surface area (Å²) in [5.41, 5.74) is 1.55. The van der Waals surface area contributed by atoms with Crippen LogP contribution in [-0.4, -0.2) is 29.7 Å². The van der Waals surface area contributed by atoms with Crippen LogP contribution in [0.15, 0.2) is 53.6 Å². The van der Waals surface area contributed by atoms with Crippen molar-refractivity contribution >= 4 is 16.9 Å². The zero-order valence-corrected chi connectivity index (χ0v) is 13.4. The van der Waals surface area contributed by atoms with Crippen LogP contribution in [-0.2, 0) is 11.3 Å². The molecule has 0 unspecified atom stereocenters. The number of fused-ring (bicyclic) bond motifs is 1. The average molecular weight is 324 g/mol. The van der Waals surface area contributed by atoms with Crippen LogP contribution >= 0.6 is 0 Å². The lowest BCUT2D eigenvalue weighted by Crippen LogP contribution is -2.20. The molecule has 0 spiro atoms. The van der Waals surface area contributed by atoms with Crippen molar-refractivity contribution in [3.63, 3.8) is 0 Å². The lowest BCUT2D eigenvalue weighted by Gasteiger charge is -2.08. The summed E-state index contributed by atoms with van der Waals surface area (Å²) in [7, 11) is 2.90. The summed E-state index contributed by atoms with van der Waals surface area (Å²) in [6.07, 6.45) is 3.10. The molecule has 0 saturated heterocycles. The third-order valence-corrected chi connectivity index (χ3v) is 3.76. The minimum Gasteiger partial charge on any atom is -0.497 e. The minimum absolute atomic E-state index is 0.207. The van der Waals surface area contributed by atoms with Crippen molar-refractivity contribution in [2.45, 2.75) is 6.54 Å². The van der Waals surface area contributed by atoms with Gasteiger partial charge >= 0.3 is 5.97 Å². The van der Waals surface area contributed by atoms with Crippen molar-refractivity contribution in [2.24, 2.45) is 0 Å². The molecule has 0 aliphatic rings. The number of carbonyl (C=O) groups is 1. The Bertz CT molecular complexity index is 945. The molecule has 24 heavy (non-hydrogen) atoms. The third kappa shape index (κ3) is 2.99. The topological polar surface area (TPSA) is 70.4 Å². The maximum atomic E-state index is 12.7. The molecule has 122 valence electrons. The Hall–Kier alpha value is -3.15. The molecule has 2 aromatic heterocycles. The smallest absolute Gasteiger partial charge is 0.339 e. The van der Waals surface area contributed by atoms with E-state index in [1.54, 1.807) is 23.9 Å². The van der Waals surface area contributed by atoms with Gasteiger partial charge in [-0.1, -0.05) is 12.1 Å². The van der Waals surface area contributed by atoms with Crippen LogP contribution in [0.4, 0.5) is 0 Å². The van der Waals surface area contributed by atoms with Crippen LogP contribution in [0.1, 0.15) is 15.9 Å². The number of aromatic nitrogens is 2. The predicted molar refractivity (Wildman–Crippen MR) is 89.4 cm³/mol. The second-order valence-electron chi connectivity index (χ2n) is 5.25. The van der Waals surface area contributed by atoms with Gasteiger partial charge in [-0.05, 0) is 29.8 Å². The summed E-state index contributed by atoms with van der Waals surface area (Å²) < 4.78 is 11.4. The molecule has 3 rings (SSSR count). The molecule has 6 heteroatoms. The molecular weight excluding hydrogens is 308 g/mol. The quantitative estimate of drug-likeness (QED) is 0.688. The molecule has 3 aromatic rings. The Morgan fingerprint density at radius 1 is 1.17 bits per heavy atom. The highest BCUT2D eigenvalue weighted by Gasteiger charge is 2.10. The van der Waals surface area contributed by atoms with Gasteiger partial charge in [0, 0.05) is 12.4 Å². The number of carbonyl (C=O) groups excluding carboxylic acids is 1. The normalized spacial score (nSPS) is 10.6. The number of rotatable bonds is 4. The maximum Gasteiger partial charge on any atom is 0.339 e. The Morgan fingerprint density at radius 2 is 1.92 bits per heavy atom. The predicted octanol–water partition coefficient (Wildman–Crippen LogP) is 2.24. The van der Waals surface area contributed by atoms with Gasteiger partial charge < -0.3 is 14.0 Å². The SMILES string of the molecule is COC(=O)c1cnc2ccn(Cc3ccc(OC)cc3)c(=O)c2c1. The third-order valence-electron chi connectivity index (χ3n) is 3.76. The standard InChI is InChI=1S/C18H16N2O4/c1-23-14-5-3-12(4-6-14)11-20-8-7-16-15(17(20)21)9-13(10-19-16)18(22)24-2/h3-10H,11H2,1-2H3. The van der Waals surface area contributed by atoms with Crippen molar-refractivity contribution < 1.29 is 14.3 Å². The Kier molecular flexibility index (Phi) is 4.29. The first-order valence-corrected chi connectivity index (χ1v) is 7.33. The number of pyridine rings is 2. The van der Waals surface area contributed by atoms with E-state index < -0.39 is 5.97 Å². The second-order valence-corrected chi connectivity index (χ2v) is 5.25. The molecule has 0 bridgehead atoms. The maximum absolute atomic E-state index is 12.7. The fourth-order valence-corrected chi connectivity index (χ4v) is 2.44. The van der Waals surface area contributed by atoms with Gasteiger partial charge in [0.2, 0.25) is 0 Å². The van der Waals surface area contributed by atoms with E-state index in [0.29, 0.717) is 17.4 Å². The minimum atomic E-state index is -0.519. The first kappa shape index (κ1) is 15.7. The van der Waals surface area contributed by atoms with Crippen molar-refractivity contribution in [1.82, 2.24) is 9.55 Å². The number of hydrogen-bond acceptors (Lipinski definition) is 5. The van der Waals surface area contributed by atoms with Gasteiger partial charge in [-0.25, -0.2) is 4.79 Å². The van der Waals surface area contributed by atoms with Gasteiger partial charge in [0.1, 0.15) is 5.75 Å². The van der Waals surface area contributed by atoms with Gasteiger partial charge in [0.25, 0.3) is 5.56 Å². The highest BCUT2D eigenvalue weighted by molar-refractivity contribution is 5.93. The van der Waals surface area contributed by atoms with Crippen LogP contribution in [0.2, 0.25) is 0 Å². The zero-order valence-electron chi connectivity index (χ0n) is 13.4. The van der Waals surface area contributed by atoms with Crippen LogP contribution in [0.3, 0.4) is 0 Å². The number of benzene rings is 1. The summed E-state index contributed by atoms with van der Waals surface area (Å²) in [5, 5.41) is 0.383. The highest BCUT2D eigenvalue weighted by Crippen LogP contribution is 2.13. The molecule has 0 N–H and O–H groups in total. The molecule has 0 radical (unpaired) electrons. The van der Waals surface area contributed by atoms with E-state index in [1.165, 1.54) is 19.4 Å². The Balaban J connectivity index is 2.00. The van der Waals surface area contributed by atoms with Crippen LogP contribution < -0.4 is 10.3 Å². The lowest BCUT2D eigenvalue weighted by molar-refractivity contribution is 0.0600. The monoisotopic (exact) mass is 324 g/mol. The molecule has 0 atom stereocenters. The van der Waals surface area contributed by atoms with Gasteiger partial charge in [-0.15, -0.1) is 0 Å². The Morgan fingerprint density at radius 3 is 2.58 bits per heavy atom. The Labute approximate surface area is 138 Å². The van der Waals surface area contributed by atoms with E-state index in [4.69, 9.17) is 4.74 Å². The van der Waals surface area contributed by atoms with Crippen molar-refractivity contribution in [1.29, 1.82) is 0 Å². The largest absolute Gasteiger partial charge is 0.497 e. The first-order chi connectivity index (χ1) is 11.6. The van der Waals surface area contributed by atoms with Crippen LogP contribution in [0.5, 0.6) is 5.75 Å². The lowest BCUT2D eigenvalue weighted by atomic mass is 10.2. The van der Waals surface area contributed by atoms with Crippen molar-refractivity contribution in [2.75, 3.05) is 14.2 Å². The van der Waals surface area contributed by atoms with Crippen molar-refractivity contribution in [3.8, 4) is 5.75 Å². The van der Waals surface area contributed by atoms with Crippen LogP contribution in [0, 0.1) is 0 Å². The molecule has 0 fully saturated rings. The number of esters is 1. The fraction of sp³-hybridized carbons (Fsp3) is 0.167. The average Bonchev–Trinajstić information content (AvgIpc) is 2.63. The summed E-state index contributed by atoms with van der Waals surface area (Å²) >= 11 is 0. The number of hydrogen-bond donors (Lipinski definition) is 0. The van der Waals surface area contributed by atoms with Crippen LogP contribution in [0.25, 0.3) is 10.9 Å². The van der Waals surface area contributed by atoms with E-state index in [2.05, 4.69) is 9.72 Å². The van der Waals surface area contributed by atoms with Crippen molar-refractivity contribution in [3.05, 3.63) is 70.3 Å². The second kappa shape index (κ2) is 6.54. The first-order valence-electron chi connectivity index (χ1n) is 7.33. The molecule has 1 aromatic carbocycles. The van der Waals surface area contributed by atoms with E-state index in [0.717, 1.165) is 11.3 Å². The molecule has 6 nitrogen and oxygen atoms in total. The molecule has 0 aliphatic carbocycles. The summed E-state index contributed by atoms with van der Waals surface area (Å²) in [6, 6.07) is 10.8. The van der Waals surface area contributed by atoms with Gasteiger partial charge in [-0.3, -0.25) is 9.78 Å². The zero-order chi connectivity index (χ0) is 17.1. The van der Waals surface area contributed by atoms with E-state index in [1.807, 2.05) is 24.3 Å². The number of methoxy groups -OCH3 is 2. The van der Waals surface area contributed by atoms with Gasteiger partial charge in [-0.2, -0.15) is 0 Å². The summed E-state index contributed by atoms with van der Waals surface area (Å²) in [6.45, 7) is 0.418. The van der Waals surface area contributed by atoms with Gasteiger partial charge in [0.15, 0.2) is 0 Å². The molecule has 0 amide bonds. The summed E-state index contributed by atoms with van der Waals surface area (Å²) in [5.74, 6) is 0.242. The molecular formula is C18H16N2O4. The highest BCUT2D eigenvalue weighted by atomic mass is 16.5. The summed E-state index contributed by atoms with van der Waals surface area (Å²) in [4.78, 5) is 28.4. The van der Waals surface area contributed by atoms with E-state index in [-0.39, 0.29) is 11.1 Å². The molecule has 0 saturated carbocycles. The molecule has 2 heterocycles. The van der Waals surface area contributed by atoms with Gasteiger partial charge in [0.05, 0.1) is 37.2 Å². The molecule has 0 aliphatic heterocycles. The van der Waals surface area contributed by atoms with E-state index in [9.17, 15) is 9.59 Å². The fourth-order valence-electron chi connectivity index (χ4n) is 2.44. The number of nitrogens with zero attached hydrogens (tertiary/aromatic N) is 2.